The van der Waals surface area contributed by atoms with Crippen LogP contribution in [0.5, 0.6) is 40.2 Å². The maximum absolute atomic E-state index is 14.6. The number of aliphatic hydroxyl groups is 1. The van der Waals surface area contributed by atoms with Gasteiger partial charge in [-0.3, -0.25) is 15.0 Å². The Kier molecular flexibility index (Phi) is 7.98. The molecular weight excluding hydrogens is 706 g/mol. The van der Waals surface area contributed by atoms with Crippen LogP contribution in [0.4, 0.5) is 0 Å². The van der Waals surface area contributed by atoms with Crippen LogP contribution < -0.4 is 34.3 Å². The number of aryl methyl sites for hydroxylation is 1. The van der Waals surface area contributed by atoms with Gasteiger partial charge in [0.1, 0.15) is 18.6 Å². The third kappa shape index (κ3) is 4.80. The molecule has 53 heavy (non-hydrogen) atoms. The molecule has 7 aliphatic heterocycles. The highest BCUT2D eigenvalue weighted by atomic mass is 32.2. The number of thioether (sulfide) groups is 1. The number of aliphatic hydroxyl groups excluding tert-OH is 1. The topological polar surface area (TPSA) is 178 Å². The molecule has 7 atom stereocenters. The first kappa shape index (κ1) is 34.4. The third-order valence-electron chi connectivity index (χ3n) is 11.8. The first-order chi connectivity index (χ1) is 25.5. The van der Waals surface area contributed by atoms with E-state index in [1.807, 2.05) is 24.8 Å². The van der Waals surface area contributed by atoms with Gasteiger partial charge in [0.05, 0.1) is 37.6 Å². The van der Waals surface area contributed by atoms with Crippen LogP contribution >= 0.6 is 11.8 Å². The lowest BCUT2D eigenvalue weighted by Crippen LogP contribution is -2.69. The molecule has 7 heterocycles. The number of rotatable bonds is 3. The first-order valence-electron chi connectivity index (χ1n) is 17.7. The van der Waals surface area contributed by atoms with Crippen molar-refractivity contribution in [2.75, 3.05) is 39.9 Å². The molecule has 0 amide bonds. The van der Waals surface area contributed by atoms with Crippen LogP contribution in [-0.2, 0) is 32.7 Å². The number of carbonyl (C=O) groups excluding carboxylic acids is 2. The molecule has 5 N–H and O–H groups in total. The standard InChI is InChI=1S/C38H41N3O11S/c1-15-8-19-9-21-36(45)41-22-12-49-37(46)38(20-11-24(47-4)23(43)10-18(20)6-7-39-38)13-53-35(29(41)28(40-21)25(19)30(44)31(15)48-5)27-26(22)34-33(50-14-51-34)16(2)32(27)52-17(3)42/h8,10-11,21-22,28-29,35-36,39-40,43-45H,6-7,9,12-14H2,1-5H3/t21-,22-,28?,29?,35+,36-,38+/m0/s1. The summed E-state index contributed by atoms with van der Waals surface area (Å²) in [7, 11) is 2.98. The molecule has 4 bridgehead atoms. The highest BCUT2D eigenvalue weighted by Crippen LogP contribution is 2.63. The number of fused-ring (bicyclic) bond motifs is 9. The number of ether oxygens (including phenoxy) is 6. The van der Waals surface area contributed by atoms with Gasteiger partial charge < -0.3 is 49.1 Å². The van der Waals surface area contributed by atoms with Crippen LogP contribution in [-0.4, -0.2) is 90.4 Å². The van der Waals surface area contributed by atoms with Crippen LogP contribution in [0.3, 0.4) is 0 Å². The minimum absolute atomic E-state index is 0.0210. The number of phenolic OH excluding ortho intramolecular Hbond substituents is 2. The second-order valence-electron chi connectivity index (χ2n) is 14.5. The van der Waals surface area contributed by atoms with Crippen molar-refractivity contribution < 1.29 is 53.3 Å². The summed E-state index contributed by atoms with van der Waals surface area (Å²) in [6, 6.07) is 2.99. The number of nitrogens with zero attached hydrogens (tertiary/aromatic N) is 1. The maximum atomic E-state index is 14.6. The average molecular weight is 748 g/mol. The van der Waals surface area contributed by atoms with Crippen molar-refractivity contribution in [2.24, 2.45) is 0 Å². The molecule has 1 spiro atoms. The number of esters is 2. The summed E-state index contributed by atoms with van der Waals surface area (Å²) in [4.78, 5) is 29.4. The Balaban J connectivity index is 1.31. The van der Waals surface area contributed by atoms with E-state index in [0.29, 0.717) is 70.2 Å². The van der Waals surface area contributed by atoms with Gasteiger partial charge in [-0.05, 0) is 61.1 Å². The molecule has 15 heteroatoms. The smallest absolute Gasteiger partial charge is 0.331 e. The molecule has 0 aromatic heterocycles. The molecule has 280 valence electrons. The highest BCUT2D eigenvalue weighted by Gasteiger charge is 2.60. The molecule has 2 fully saturated rings. The van der Waals surface area contributed by atoms with Gasteiger partial charge in [-0.1, -0.05) is 6.07 Å². The SMILES string of the molecule is COc1cc2c(cc1O)CCN[C@]21CS[C@@H]2c3c(OC(C)=O)c(C)c4c(c3[C@H](COC1=O)N1C2C2N[C@@H](Cc3cc(C)c(OC)c(O)c32)[C@@H]1O)OCO4. The Morgan fingerprint density at radius 2 is 1.81 bits per heavy atom. The number of piperazine rings is 1. The van der Waals surface area contributed by atoms with Crippen LogP contribution in [0.2, 0.25) is 0 Å². The summed E-state index contributed by atoms with van der Waals surface area (Å²) in [5.41, 5.74) is 4.27. The summed E-state index contributed by atoms with van der Waals surface area (Å²) in [5, 5.41) is 41.5. The fourth-order valence-corrected chi connectivity index (χ4v) is 11.3. The van der Waals surface area contributed by atoms with Gasteiger partial charge in [0, 0.05) is 47.5 Å². The number of hydrogen-bond acceptors (Lipinski definition) is 15. The molecule has 0 saturated carbocycles. The molecule has 2 saturated heterocycles. The highest BCUT2D eigenvalue weighted by molar-refractivity contribution is 7.99. The summed E-state index contributed by atoms with van der Waals surface area (Å²) in [6.07, 6.45) is -0.0673. The molecule has 7 aliphatic rings. The quantitative estimate of drug-likeness (QED) is 0.195. The summed E-state index contributed by atoms with van der Waals surface area (Å²) < 4.78 is 35.8. The van der Waals surface area contributed by atoms with Crippen molar-refractivity contribution in [2.45, 2.75) is 74.8 Å². The van der Waals surface area contributed by atoms with Crippen LogP contribution in [0.25, 0.3) is 0 Å². The third-order valence-corrected chi connectivity index (χ3v) is 13.2. The number of nitrogens with one attached hydrogen (secondary N) is 2. The average Bonchev–Trinajstić information content (AvgIpc) is 3.63. The van der Waals surface area contributed by atoms with Gasteiger partial charge in [-0.15, -0.1) is 11.8 Å². The molecule has 0 radical (unpaired) electrons. The monoisotopic (exact) mass is 747 g/mol. The van der Waals surface area contributed by atoms with Crippen molar-refractivity contribution in [1.82, 2.24) is 15.5 Å². The van der Waals surface area contributed by atoms with Gasteiger partial charge in [0.25, 0.3) is 0 Å². The molecule has 0 aliphatic carbocycles. The van der Waals surface area contributed by atoms with E-state index >= 15 is 0 Å². The number of hydrogen-bond donors (Lipinski definition) is 5. The lowest BCUT2D eigenvalue weighted by Gasteiger charge is -2.59. The number of aromatic hydroxyl groups is 2. The number of benzene rings is 3. The largest absolute Gasteiger partial charge is 0.504 e. The Morgan fingerprint density at radius 1 is 1.02 bits per heavy atom. The van der Waals surface area contributed by atoms with Gasteiger partial charge in [0.15, 0.2) is 40.0 Å². The van der Waals surface area contributed by atoms with Gasteiger partial charge in [-0.25, -0.2) is 4.79 Å². The summed E-state index contributed by atoms with van der Waals surface area (Å²) >= 11 is 1.45. The minimum Gasteiger partial charge on any atom is -0.504 e. The van der Waals surface area contributed by atoms with Gasteiger partial charge in [0.2, 0.25) is 6.79 Å². The molecule has 10 rings (SSSR count). The number of phenols is 2. The minimum atomic E-state index is -1.36. The van der Waals surface area contributed by atoms with Crippen molar-refractivity contribution in [3.63, 3.8) is 0 Å². The van der Waals surface area contributed by atoms with E-state index in [4.69, 9.17) is 28.4 Å². The van der Waals surface area contributed by atoms with Crippen molar-refractivity contribution in [3.8, 4) is 40.2 Å². The van der Waals surface area contributed by atoms with Gasteiger partial charge >= 0.3 is 11.9 Å². The van der Waals surface area contributed by atoms with E-state index in [-0.39, 0.29) is 36.4 Å². The first-order valence-corrected chi connectivity index (χ1v) is 18.7. The van der Waals surface area contributed by atoms with Crippen LogP contribution in [0.1, 0.15) is 68.8 Å². The molecule has 14 nitrogen and oxygen atoms in total. The van der Waals surface area contributed by atoms with E-state index < -0.39 is 53.1 Å². The van der Waals surface area contributed by atoms with E-state index in [0.717, 1.165) is 16.7 Å². The molecule has 3 aromatic rings. The predicted octanol–water partition coefficient (Wildman–Crippen LogP) is 3.07. The lowest BCUT2D eigenvalue weighted by molar-refractivity contribution is -0.164. The molecule has 2 unspecified atom stereocenters. The Hall–Kier alpha value is -4.41. The van der Waals surface area contributed by atoms with Crippen LogP contribution in [0, 0.1) is 13.8 Å². The Morgan fingerprint density at radius 3 is 2.57 bits per heavy atom. The fraction of sp³-hybridized carbons (Fsp3) is 0.474. The lowest BCUT2D eigenvalue weighted by atomic mass is 9.74. The van der Waals surface area contributed by atoms with E-state index in [1.54, 1.807) is 12.1 Å². The Labute approximate surface area is 309 Å². The zero-order valence-electron chi connectivity index (χ0n) is 29.9. The normalized spacial score (nSPS) is 29.4. The summed E-state index contributed by atoms with van der Waals surface area (Å²) in [6.45, 7) is 5.23. The van der Waals surface area contributed by atoms with Crippen molar-refractivity contribution >= 4 is 23.7 Å². The van der Waals surface area contributed by atoms with Crippen molar-refractivity contribution in [3.05, 3.63) is 62.7 Å². The predicted molar refractivity (Wildman–Crippen MR) is 190 cm³/mol. The van der Waals surface area contributed by atoms with Crippen LogP contribution in [0.15, 0.2) is 18.2 Å². The zero-order valence-corrected chi connectivity index (χ0v) is 30.7. The molecular formula is C38H41N3O11S. The maximum Gasteiger partial charge on any atom is 0.331 e. The zero-order chi connectivity index (χ0) is 37.1. The Bertz CT molecular complexity index is 2090. The van der Waals surface area contributed by atoms with Crippen molar-refractivity contribution in [1.29, 1.82) is 0 Å². The van der Waals surface area contributed by atoms with E-state index in [2.05, 4.69) is 10.6 Å². The van der Waals surface area contributed by atoms with Gasteiger partial charge in [-0.2, -0.15) is 0 Å². The van der Waals surface area contributed by atoms with E-state index in [1.165, 1.54) is 32.9 Å². The van der Waals surface area contributed by atoms with E-state index in [9.17, 15) is 24.9 Å². The number of methoxy groups -OCH3 is 2. The summed E-state index contributed by atoms with van der Waals surface area (Å²) in [5.74, 6) is 0.890. The second kappa shape index (κ2) is 12.3. The number of carbonyl (C=O) groups is 2. The fourth-order valence-electron chi connectivity index (χ4n) is 9.60. The second-order valence-corrected chi connectivity index (χ2v) is 15.6. The molecule has 3 aromatic carbocycles.